The van der Waals surface area contributed by atoms with Crippen LogP contribution in [-0.2, 0) is 17.5 Å². The van der Waals surface area contributed by atoms with E-state index in [-0.39, 0.29) is 40.4 Å². The van der Waals surface area contributed by atoms with Gasteiger partial charge < -0.3 is 15.3 Å². The Kier molecular flexibility index (Phi) is 6.99. The van der Waals surface area contributed by atoms with Gasteiger partial charge in [0.15, 0.2) is 5.69 Å². The highest BCUT2D eigenvalue weighted by molar-refractivity contribution is 7.10. The first kappa shape index (κ1) is 24.9. The van der Waals surface area contributed by atoms with Crippen molar-refractivity contribution in [1.82, 2.24) is 24.6 Å². The number of pyridine rings is 1. The number of halogens is 4. The molecule has 0 unspecified atom stereocenters. The Morgan fingerprint density at radius 1 is 1.29 bits per heavy atom. The van der Waals surface area contributed by atoms with Crippen LogP contribution in [0.4, 0.5) is 19.0 Å². The number of rotatable bonds is 5. The highest BCUT2D eigenvalue weighted by Gasteiger charge is 2.35. The molecule has 4 heterocycles. The smallest absolute Gasteiger partial charge is 0.435 e. The summed E-state index contributed by atoms with van der Waals surface area (Å²) in [6.07, 6.45) is -0.892. The lowest BCUT2D eigenvalue weighted by Crippen LogP contribution is -2.40. The maximum absolute atomic E-state index is 12.9. The zero-order chi connectivity index (χ0) is 25.3. The number of anilines is 1. The summed E-state index contributed by atoms with van der Waals surface area (Å²) in [6, 6.07) is 0.919. The second-order valence-corrected chi connectivity index (χ2v) is 9.32. The molecular weight excluding hydrogens is 509 g/mol. The van der Waals surface area contributed by atoms with Crippen molar-refractivity contribution >= 4 is 40.6 Å². The number of aromatic hydroxyl groups is 1. The molecule has 1 saturated heterocycles. The van der Waals surface area contributed by atoms with E-state index in [1.54, 1.807) is 10.3 Å². The van der Waals surface area contributed by atoms with E-state index in [1.165, 1.54) is 30.7 Å². The van der Waals surface area contributed by atoms with Crippen LogP contribution in [0.1, 0.15) is 45.5 Å². The van der Waals surface area contributed by atoms with Crippen LogP contribution in [0.2, 0.25) is 5.02 Å². The van der Waals surface area contributed by atoms with Gasteiger partial charge in [0.1, 0.15) is 28.7 Å². The van der Waals surface area contributed by atoms with Crippen molar-refractivity contribution in [3.8, 4) is 5.75 Å². The number of piperidine rings is 1. The van der Waals surface area contributed by atoms with Crippen LogP contribution < -0.4 is 5.32 Å². The number of thiazole rings is 1. The maximum Gasteiger partial charge on any atom is 0.435 e. The predicted molar refractivity (Wildman–Crippen MR) is 122 cm³/mol. The third-order valence-corrected chi connectivity index (χ3v) is 6.92. The van der Waals surface area contributed by atoms with E-state index >= 15 is 0 Å². The highest BCUT2D eigenvalue weighted by Crippen LogP contribution is 2.33. The van der Waals surface area contributed by atoms with Gasteiger partial charge >= 0.3 is 6.18 Å². The van der Waals surface area contributed by atoms with Crippen molar-refractivity contribution in [2.45, 2.75) is 38.4 Å². The minimum Gasteiger partial charge on any atom is -0.505 e. The predicted octanol–water partition coefficient (Wildman–Crippen LogP) is 4.08. The second kappa shape index (κ2) is 9.82. The Hall–Kier alpha value is -3.19. The Bertz CT molecular complexity index is 1250. The molecule has 14 heteroatoms. The number of hydrogen-bond donors (Lipinski definition) is 2. The number of carbonyl (C=O) groups excluding carboxylic acids is 2. The van der Waals surface area contributed by atoms with Crippen molar-refractivity contribution in [3.63, 3.8) is 0 Å². The number of nitrogens with one attached hydrogen (secondary N) is 1. The molecule has 0 radical (unpaired) electrons. The standard InChI is InChI=1S/C21H20ClF3N6O3S/c1-11-6-15(21(23,24)25)29-31(11)9-17(32)30-4-2-12(3-5-30)20-28-16(10-35-20)27-19(34)13-7-26-8-14(22)18(13)33/h6-8,10,12H,2-5,9H2,1H3,(H,26,33)(H,27,34). The number of likely N-dealkylation sites (tertiary alicyclic amines) is 1. The molecule has 3 aromatic heterocycles. The molecule has 9 nitrogen and oxygen atoms in total. The van der Waals surface area contributed by atoms with Gasteiger partial charge in [-0.05, 0) is 25.8 Å². The molecule has 3 aromatic rings. The molecule has 0 aliphatic carbocycles. The summed E-state index contributed by atoms with van der Waals surface area (Å²) >= 11 is 7.15. The molecule has 2 N–H and O–H groups in total. The van der Waals surface area contributed by atoms with Gasteiger partial charge in [-0.1, -0.05) is 11.6 Å². The number of aryl methyl sites for hydroxylation is 1. The monoisotopic (exact) mass is 528 g/mol. The summed E-state index contributed by atoms with van der Waals surface area (Å²) in [5.41, 5.74) is -0.830. The van der Waals surface area contributed by atoms with Gasteiger partial charge in [0.25, 0.3) is 5.91 Å². The lowest BCUT2D eigenvalue weighted by molar-refractivity contribution is -0.142. The second-order valence-electron chi connectivity index (χ2n) is 8.02. The van der Waals surface area contributed by atoms with E-state index in [4.69, 9.17) is 11.6 Å². The van der Waals surface area contributed by atoms with Crippen LogP contribution >= 0.6 is 22.9 Å². The zero-order valence-corrected chi connectivity index (χ0v) is 19.9. The number of aromatic nitrogens is 4. The van der Waals surface area contributed by atoms with Crippen molar-refractivity contribution in [1.29, 1.82) is 0 Å². The molecule has 4 rings (SSSR count). The first-order valence-corrected chi connectivity index (χ1v) is 11.8. The summed E-state index contributed by atoms with van der Waals surface area (Å²) < 4.78 is 39.6. The summed E-state index contributed by atoms with van der Waals surface area (Å²) in [4.78, 5) is 34.9. The molecule has 1 fully saturated rings. The minimum absolute atomic E-state index is 0.0403. The molecule has 2 amide bonds. The van der Waals surface area contributed by atoms with Gasteiger partial charge in [-0.25, -0.2) is 4.98 Å². The fourth-order valence-corrected chi connectivity index (χ4v) is 4.80. The molecule has 0 spiro atoms. The van der Waals surface area contributed by atoms with Crippen molar-refractivity contribution in [2.24, 2.45) is 0 Å². The molecule has 0 aromatic carbocycles. The molecule has 0 saturated carbocycles. The normalized spacial score (nSPS) is 14.8. The van der Waals surface area contributed by atoms with E-state index in [1.807, 2.05) is 0 Å². The topological polar surface area (TPSA) is 113 Å². The Balaban J connectivity index is 1.32. The van der Waals surface area contributed by atoms with Gasteiger partial charge in [-0.2, -0.15) is 18.3 Å². The van der Waals surface area contributed by atoms with E-state index in [9.17, 15) is 27.9 Å². The summed E-state index contributed by atoms with van der Waals surface area (Å²) in [6.45, 7) is 2.08. The van der Waals surface area contributed by atoms with E-state index in [0.29, 0.717) is 31.7 Å². The maximum atomic E-state index is 12.9. The van der Waals surface area contributed by atoms with Crippen molar-refractivity contribution < 1.29 is 27.9 Å². The SMILES string of the molecule is Cc1cc(C(F)(F)F)nn1CC(=O)N1CCC(c2nc(NC(=O)c3cncc(Cl)c3O)cs2)CC1. The van der Waals surface area contributed by atoms with Crippen LogP contribution in [0.15, 0.2) is 23.8 Å². The first-order chi connectivity index (χ1) is 16.5. The van der Waals surface area contributed by atoms with Gasteiger partial charge in [0.2, 0.25) is 5.91 Å². The quantitative estimate of drug-likeness (QED) is 0.516. The molecular formula is C21H20ClF3N6O3S. The summed E-state index contributed by atoms with van der Waals surface area (Å²) in [5.74, 6) is -0.879. The average molecular weight is 529 g/mol. The van der Waals surface area contributed by atoms with Crippen molar-refractivity contribution in [3.05, 3.63) is 50.8 Å². The molecule has 35 heavy (non-hydrogen) atoms. The van der Waals surface area contributed by atoms with Crippen LogP contribution in [0.5, 0.6) is 5.75 Å². The van der Waals surface area contributed by atoms with Crippen LogP contribution in [0.3, 0.4) is 0 Å². The largest absolute Gasteiger partial charge is 0.505 e. The number of alkyl halides is 3. The van der Waals surface area contributed by atoms with E-state index in [0.717, 1.165) is 15.8 Å². The Morgan fingerprint density at radius 2 is 2.00 bits per heavy atom. The fraction of sp³-hybridized carbons (Fsp3) is 0.381. The zero-order valence-electron chi connectivity index (χ0n) is 18.3. The summed E-state index contributed by atoms with van der Waals surface area (Å²) in [5, 5.41) is 18.5. The van der Waals surface area contributed by atoms with Crippen LogP contribution in [0, 0.1) is 6.92 Å². The van der Waals surface area contributed by atoms with E-state index in [2.05, 4.69) is 20.4 Å². The minimum atomic E-state index is -4.56. The third-order valence-electron chi connectivity index (χ3n) is 5.63. The average Bonchev–Trinajstić information content (AvgIpc) is 3.42. The van der Waals surface area contributed by atoms with Crippen LogP contribution in [-0.4, -0.2) is 54.7 Å². The molecule has 0 bridgehead atoms. The van der Waals surface area contributed by atoms with Gasteiger partial charge in [-0.3, -0.25) is 19.3 Å². The number of hydrogen-bond acceptors (Lipinski definition) is 7. The van der Waals surface area contributed by atoms with Crippen LogP contribution in [0.25, 0.3) is 0 Å². The van der Waals surface area contributed by atoms with Crippen molar-refractivity contribution in [2.75, 3.05) is 18.4 Å². The highest BCUT2D eigenvalue weighted by atomic mass is 35.5. The van der Waals surface area contributed by atoms with E-state index < -0.39 is 17.8 Å². The number of amides is 2. The molecule has 1 aliphatic rings. The molecule has 186 valence electrons. The Labute approximate surface area is 206 Å². The lowest BCUT2D eigenvalue weighted by Gasteiger charge is -2.31. The third kappa shape index (κ3) is 5.56. The molecule has 0 atom stereocenters. The van der Waals surface area contributed by atoms with Gasteiger partial charge in [0, 0.05) is 42.5 Å². The molecule has 1 aliphatic heterocycles. The lowest BCUT2D eigenvalue weighted by atomic mass is 9.97. The summed E-state index contributed by atoms with van der Waals surface area (Å²) in [7, 11) is 0. The Morgan fingerprint density at radius 3 is 2.66 bits per heavy atom. The number of carbonyl (C=O) groups is 2. The first-order valence-electron chi connectivity index (χ1n) is 10.5. The fourth-order valence-electron chi connectivity index (χ4n) is 3.72. The van der Waals surface area contributed by atoms with Gasteiger partial charge in [-0.15, -0.1) is 11.3 Å². The number of nitrogens with zero attached hydrogens (tertiary/aromatic N) is 5. The van der Waals surface area contributed by atoms with Gasteiger partial charge in [0.05, 0.1) is 5.01 Å².